The lowest BCUT2D eigenvalue weighted by molar-refractivity contribution is -0.0498. The molecular formula is C18H18F2N2OS. The molecule has 6 heteroatoms. The maximum Gasteiger partial charge on any atom is 0.387 e. The predicted molar refractivity (Wildman–Crippen MR) is 93.3 cm³/mol. The highest BCUT2D eigenvalue weighted by Gasteiger charge is 2.23. The quantitative estimate of drug-likeness (QED) is 0.773. The van der Waals surface area contributed by atoms with Crippen LogP contribution in [0.4, 0.5) is 8.78 Å². The molecule has 0 amide bonds. The topological polar surface area (TPSA) is 33.3 Å². The number of alkyl halides is 2. The van der Waals surface area contributed by atoms with Crippen LogP contribution in [0.1, 0.15) is 30.0 Å². The van der Waals surface area contributed by atoms with Crippen LogP contribution >= 0.6 is 12.2 Å². The SMILES string of the molecule is FC(F)Oc1ccc([C@@H](NC(=S)NC2CC2)c2ccccc2)cc1. The lowest BCUT2D eigenvalue weighted by Crippen LogP contribution is -2.39. The third-order valence-corrected chi connectivity index (χ3v) is 4.00. The van der Waals surface area contributed by atoms with E-state index in [1.807, 2.05) is 30.3 Å². The fourth-order valence-electron chi connectivity index (χ4n) is 2.43. The Bertz CT molecular complexity index is 675. The zero-order chi connectivity index (χ0) is 16.9. The first kappa shape index (κ1) is 16.6. The highest BCUT2D eigenvalue weighted by Crippen LogP contribution is 2.25. The van der Waals surface area contributed by atoms with E-state index in [0.29, 0.717) is 11.2 Å². The van der Waals surface area contributed by atoms with E-state index >= 15 is 0 Å². The summed E-state index contributed by atoms with van der Waals surface area (Å²) in [6.07, 6.45) is 2.27. The molecule has 3 rings (SSSR count). The van der Waals surface area contributed by atoms with Gasteiger partial charge in [0.15, 0.2) is 5.11 Å². The van der Waals surface area contributed by atoms with Crippen LogP contribution in [0, 0.1) is 0 Å². The average molecular weight is 348 g/mol. The Labute approximate surface area is 145 Å². The van der Waals surface area contributed by atoms with Gasteiger partial charge in [-0.25, -0.2) is 0 Å². The molecule has 1 aliphatic rings. The van der Waals surface area contributed by atoms with E-state index in [1.54, 1.807) is 12.1 Å². The van der Waals surface area contributed by atoms with Gasteiger partial charge in [-0.05, 0) is 48.3 Å². The predicted octanol–water partition coefficient (Wildman–Crippen LogP) is 4.00. The van der Waals surface area contributed by atoms with Crippen LogP contribution in [0.5, 0.6) is 5.75 Å². The van der Waals surface area contributed by atoms with Crippen LogP contribution in [0.15, 0.2) is 54.6 Å². The van der Waals surface area contributed by atoms with Crippen LogP contribution in [0.2, 0.25) is 0 Å². The molecule has 1 aliphatic carbocycles. The Morgan fingerprint density at radius 3 is 2.21 bits per heavy atom. The molecule has 2 aromatic rings. The van der Waals surface area contributed by atoms with Crippen LogP contribution in [0.3, 0.4) is 0 Å². The Kier molecular flexibility index (Phi) is 5.25. The Balaban J connectivity index is 1.79. The molecule has 3 nitrogen and oxygen atoms in total. The molecule has 1 saturated carbocycles. The maximum atomic E-state index is 12.3. The fourth-order valence-corrected chi connectivity index (χ4v) is 2.72. The van der Waals surface area contributed by atoms with Crippen molar-refractivity contribution >= 4 is 17.3 Å². The van der Waals surface area contributed by atoms with Gasteiger partial charge in [0, 0.05) is 6.04 Å². The molecule has 0 radical (unpaired) electrons. The van der Waals surface area contributed by atoms with E-state index in [9.17, 15) is 8.78 Å². The molecule has 24 heavy (non-hydrogen) atoms. The summed E-state index contributed by atoms with van der Waals surface area (Å²) in [5, 5.41) is 7.17. The third kappa shape index (κ3) is 4.64. The van der Waals surface area contributed by atoms with Crippen molar-refractivity contribution in [3.05, 3.63) is 65.7 Å². The van der Waals surface area contributed by atoms with Gasteiger partial charge in [-0.1, -0.05) is 42.5 Å². The molecule has 2 N–H and O–H groups in total. The molecule has 1 fully saturated rings. The summed E-state index contributed by atoms with van der Waals surface area (Å²) < 4.78 is 29.0. The zero-order valence-corrected chi connectivity index (χ0v) is 13.7. The van der Waals surface area contributed by atoms with E-state index in [1.165, 1.54) is 12.1 Å². The van der Waals surface area contributed by atoms with Gasteiger partial charge in [0.1, 0.15) is 5.75 Å². The van der Waals surface area contributed by atoms with Gasteiger partial charge in [-0.15, -0.1) is 0 Å². The largest absolute Gasteiger partial charge is 0.435 e. The number of benzene rings is 2. The molecule has 0 aromatic heterocycles. The Morgan fingerprint density at radius 2 is 1.62 bits per heavy atom. The van der Waals surface area contributed by atoms with Crippen molar-refractivity contribution in [1.82, 2.24) is 10.6 Å². The summed E-state index contributed by atoms with van der Waals surface area (Å²) in [6.45, 7) is -2.82. The summed E-state index contributed by atoms with van der Waals surface area (Å²) in [7, 11) is 0. The highest BCUT2D eigenvalue weighted by molar-refractivity contribution is 7.80. The lowest BCUT2D eigenvalue weighted by Gasteiger charge is -2.22. The second-order valence-electron chi connectivity index (χ2n) is 5.68. The minimum Gasteiger partial charge on any atom is -0.435 e. The standard InChI is InChI=1S/C18H18F2N2OS/c19-17(20)23-15-10-6-13(7-11-15)16(12-4-2-1-3-5-12)22-18(24)21-14-8-9-14/h1-7,10-11,14,16-17H,8-9H2,(H2,21,22,24)/t16-/m0/s1. The molecule has 1 atom stereocenters. The first-order valence-electron chi connectivity index (χ1n) is 7.78. The number of rotatable bonds is 6. The van der Waals surface area contributed by atoms with Crippen LogP contribution < -0.4 is 15.4 Å². The Morgan fingerprint density at radius 1 is 1.00 bits per heavy atom. The molecule has 0 aliphatic heterocycles. The van der Waals surface area contributed by atoms with Crippen molar-refractivity contribution in [2.75, 3.05) is 0 Å². The van der Waals surface area contributed by atoms with Crippen molar-refractivity contribution in [2.45, 2.75) is 31.5 Å². The maximum absolute atomic E-state index is 12.3. The zero-order valence-electron chi connectivity index (χ0n) is 12.9. The molecule has 2 aromatic carbocycles. The fraction of sp³-hybridized carbons (Fsp3) is 0.278. The van der Waals surface area contributed by atoms with E-state index in [4.69, 9.17) is 12.2 Å². The van der Waals surface area contributed by atoms with Gasteiger partial charge in [0.2, 0.25) is 0 Å². The molecule has 0 unspecified atom stereocenters. The van der Waals surface area contributed by atoms with Crippen molar-refractivity contribution in [2.24, 2.45) is 0 Å². The summed E-state index contributed by atoms with van der Waals surface area (Å²) >= 11 is 5.38. The van der Waals surface area contributed by atoms with Gasteiger partial charge in [-0.2, -0.15) is 8.78 Å². The number of thiocarbonyl (C=S) groups is 1. The number of nitrogens with one attached hydrogen (secondary N) is 2. The minimum atomic E-state index is -2.82. The van der Waals surface area contributed by atoms with Crippen LogP contribution in [-0.4, -0.2) is 17.8 Å². The number of hydrogen-bond acceptors (Lipinski definition) is 2. The number of halogens is 2. The summed E-state index contributed by atoms with van der Waals surface area (Å²) in [5.74, 6) is 0.138. The van der Waals surface area contributed by atoms with Gasteiger partial charge in [0.05, 0.1) is 6.04 Å². The minimum absolute atomic E-state index is 0.138. The molecule has 0 spiro atoms. The lowest BCUT2D eigenvalue weighted by atomic mass is 9.99. The molecule has 0 bridgehead atoms. The van der Waals surface area contributed by atoms with Gasteiger partial charge < -0.3 is 15.4 Å². The molecule has 0 saturated heterocycles. The number of hydrogen-bond donors (Lipinski definition) is 2. The first-order valence-corrected chi connectivity index (χ1v) is 8.19. The van der Waals surface area contributed by atoms with Crippen molar-refractivity contribution < 1.29 is 13.5 Å². The normalized spacial score (nSPS) is 15.0. The second-order valence-corrected chi connectivity index (χ2v) is 6.09. The smallest absolute Gasteiger partial charge is 0.387 e. The van der Waals surface area contributed by atoms with Crippen molar-refractivity contribution in [3.8, 4) is 5.75 Å². The number of ether oxygens (including phenoxy) is 1. The second kappa shape index (κ2) is 7.57. The van der Waals surface area contributed by atoms with Gasteiger partial charge >= 0.3 is 6.61 Å². The highest BCUT2D eigenvalue weighted by atomic mass is 32.1. The first-order chi connectivity index (χ1) is 11.6. The molecular weight excluding hydrogens is 330 g/mol. The molecule has 126 valence electrons. The van der Waals surface area contributed by atoms with Crippen LogP contribution in [0.25, 0.3) is 0 Å². The summed E-state index contributed by atoms with van der Waals surface area (Å²) in [4.78, 5) is 0. The van der Waals surface area contributed by atoms with E-state index in [-0.39, 0.29) is 11.8 Å². The summed E-state index contributed by atoms with van der Waals surface area (Å²) in [5.41, 5.74) is 1.96. The third-order valence-electron chi connectivity index (χ3n) is 3.76. The monoisotopic (exact) mass is 348 g/mol. The van der Waals surface area contributed by atoms with Crippen molar-refractivity contribution in [1.29, 1.82) is 0 Å². The van der Waals surface area contributed by atoms with E-state index in [0.717, 1.165) is 24.0 Å². The van der Waals surface area contributed by atoms with Gasteiger partial charge in [0.25, 0.3) is 0 Å². The van der Waals surface area contributed by atoms with Gasteiger partial charge in [-0.3, -0.25) is 0 Å². The van der Waals surface area contributed by atoms with E-state index < -0.39 is 6.61 Å². The molecule has 0 heterocycles. The Hall–Kier alpha value is -2.21. The van der Waals surface area contributed by atoms with Crippen LogP contribution in [-0.2, 0) is 0 Å². The van der Waals surface area contributed by atoms with Crippen molar-refractivity contribution in [3.63, 3.8) is 0 Å². The summed E-state index contributed by atoms with van der Waals surface area (Å²) in [6, 6.07) is 16.8. The van der Waals surface area contributed by atoms with E-state index in [2.05, 4.69) is 15.4 Å². The average Bonchev–Trinajstić information content (AvgIpc) is 3.38.